The lowest BCUT2D eigenvalue weighted by Crippen LogP contribution is -2.40. The van der Waals surface area contributed by atoms with Crippen LogP contribution in [-0.4, -0.2) is 35.0 Å². The van der Waals surface area contributed by atoms with Crippen LogP contribution in [0.4, 0.5) is 5.69 Å². The van der Waals surface area contributed by atoms with Gasteiger partial charge in [0.2, 0.25) is 0 Å². The van der Waals surface area contributed by atoms with Crippen molar-refractivity contribution in [3.8, 4) is 0 Å². The van der Waals surface area contributed by atoms with E-state index in [9.17, 15) is 4.79 Å². The number of rotatable bonds is 4. The fourth-order valence-electron chi connectivity index (χ4n) is 3.43. The molecule has 1 atom stereocenters. The van der Waals surface area contributed by atoms with Gasteiger partial charge in [-0.3, -0.25) is 4.79 Å². The predicted molar refractivity (Wildman–Crippen MR) is 93.9 cm³/mol. The summed E-state index contributed by atoms with van der Waals surface area (Å²) in [6.07, 6.45) is 2.09. The summed E-state index contributed by atoms with van der Waals surface area (Å²) in [5.41, 5.74) is 3.16. The van der Waals surface area contributed by atoms with E-state index >= 15 is 0 Å². The normalized spacial score (nSPS) is 17.0. The molecule has 4 nitrogen and oxygen atoms in total. The Kier molecular flexibility index (Phi) is 4.42. The van der Waals surface area contributed by atoms with E-state index < -0.39 is 0 Å². The minimum Gasteiger partial charge on any atom is -0.372 e. The molecule has 1 amide bonds. The smallest absolute Gasteiger partial charge is 0.254 e. The highest BCUT2D eigenvalue weighted by Gasteiger charge is 2.28. The van der Waals surface area contributed by atoms with Gasteiger partial charge in [0.25, 0.3) is 5.91 Å². The molecule has 0 saturated heterocycles. The number of hydrogen-bond acceptors (Lipinski definition) is 2. The second kappa shape index (κ2) is 6.49. The Morgan fingerprint density at radius 2 is 1.83 bits per heavy atom. The largest absolute Gasteiger partial charge is 0.372 e. The number of aromatic nitrogens is 1. The average Bonchev–Trinajstić information content (AvgIpc) is 3.06. The van der Waals surface area contributed by atoms with Gasteiger partial charge >= 0.3 is 0 Å². The van der Waals surface area contributed by atoms with Gasteiger partial charge in [0.05, 0.1) is 6.04 Å². The topological polar surface area (TPSA) is 28.5 Å². The first-order valence-electron chi connectivity index (χ1n) is 8.46. The number of carbonyl (C=O) groups excluding carboxylic acids is 1. The molecule has 3 rings (SSSR count). The molecule has 1 aromatic carbocycles. The molecule has 2 heterocycles. The molecule has 0 radical (unpaired) electrons. The summed E-state index contributed by atoms with van der Waals surface area (Å²) >= 11 is 0. The van der Waals surface area contributed by atoms with Gasteiger partial charge in [-0.25, -0.2) is 0 Å². The van der Waals surface area contributed by atoms with Crippen LogP contribution in [0.25, 0.3) is 0 Å². The standard InChI is InChI=1S/C19H25N3O/c1-4-20(5-2)17-10-8-16(9-11-17)19(23)22-14-13-21-12-6-7-18(21)15(22)3/h6-12,15H,4-5,13-14H2,1-3H3. The number of carbonyl (C=O) groups is 1. The van der Waals surface area contributed by atoms with Crippen LogP contribution in [0.15, 0.2) is 42.6 Å². The van der Waals surface area contributed by atoms with E-state index in [-0.39, 0.29) is 11.9 Å². The molecule has 0 bridgehead atoms. The first-order valence-corrected chi connectivity index (χ1v) is 8.46. The molecule has 2 aromatic rings. The van der Waals surface area contributed by atoms with Crippen molar-refractivity contribution >= 4 is 11.6 Å². The maximum atomic E-state index is 12.9. The molecule has 1 unspecified atom stereocenters. The minimum atomic E-state index is 0.119. The van der Waals surface area contributed by atoms with Crippen LogP contribution < -0.4 is 4.90 Å². The van der Waals surface area contributed by atoms with Crippen LogP contribution in [0.2, 0.25) is 0 Å². The zero-order valence-corrected chi connectivity index (χ0v) is 14.2. The Morgan fingerprint density at radius 3 is 2.48 bits per heavy atom. The molecule has 1 aromatic heterocycles. The molecule has 23 heavy (non-hydrogen) atoms. The quantitative estimate of drug-likeness (QED) is 0.864. The van der Waals surface area contributed by atoms with Gasteiger partial charge < -0.3 is 14.4 Å². The lowest BCUT2D eigenvalue weighted by molar-refractivity contribution is 0.0644. The Bertz CT molecular complexity index is 670. The summed E-state index contributed by atoms with van der Waals surface area (Å²) in [7, 11) is 0. The lowest BCUT2D eigenvalue weighted by atomic mass is 10.1. The highest BCUT2D eigenvalue weighted by Crippen LogP contribution is 2.27. The van der Waals surface area contributed by atoms with E-state index in [1.807, 2.05) is 17.0 Å². The summed E-state index contributed by atoms with van der Waals surface area (Å²) < 4.78 is 2.23. The van der Waals surface area contributed by atoms with E-state index in [1.165, 1.54) is 11.4 Å². The van der Waals surface area contributed by atoms with Crippen molar-refractivity contribution in [3.05, 3.63) is 53.9 Å². The SMILES string of the molecule is CCN(CC)c1ccc(C(=O)N2CCn3cccc3C2C)cc1. The number of hydrogen-bond donors (Lipinski definition) is 0. The fourth-order valence-corrected chi connectivity index (χ4v) is 3.43. The average molecular weight is 311 g/mol. The van der Waals surface area contributed by atoms with Crippen LogP contribution in [0.1, 0.15) is 42.9 Å². The number of anilines is 1. The Morgan fingerprint density at radius 1 is 1.13 bits per heavy atom. The van der Waals surface area contributed by atoms with Crippen molar-refractivity contribution in [1.29, 1.82) is 0 Å². The molecular formula is C19H25N3O. The molecule has 1 aliphatic rings. The van der Waals surface area contributed by atoms with Crippen molar-refractivity contribution in [1.82, 2.24) is 9.47 Å². The first-order chi connectivity index (χ1) is 11.2. The van der Waals surface area contributed by atoms with Gasteiger partial charge in [0.15, 0.2) is 0 Å². The third-order valence-electron chi connectivity index (χ3n) is 4.85. The maximum Gasteiger partial charge on any atom is 0.254 e. The Balaban J connectivity index is 1.78. The van der Waals surface area contributed by atoms with Crippen molar-refractivity contribution in [2.75, 3.05) is 24.5 Å². The molecule has 4 heteroatoms. The Labute approximate surface area is 138 Å². The second-order valence-corrected chi connectivity index (χ2v) is 6.02. The monoisotopic (exact) mass is 311 g/mol. The molecule has 1 aliphatic heterocycles. The van der Waals surface area contributed by atoms with Gasteiger partial charge in [0, 0.05) is 49.3 Å². The van der Waals surface area contributed by atoms with E-state index in [4.69, 9.17) is 0 Å². The van der Waals surface area contributed by atoms with Gasteiger partial charge in [-0.05, 0) is 57.2 Å². The predicted octanol–water partition coefficient (Wildman–Crippen LogP) is 3.55. The number of benzene rings is 1. The Hall–Kier alpha value is -2.23. The van der Waals surface area contributed by atoms with Crippen molar-refractivity contribution in [3.63, 3.8) is 0 Å². The fraction of sp³-hybridized carbons (Fsp3) is 0.421. The summed E-state index contributed by atoms with van der Waals surface area (Å²) in [5, 5.41) is 0. The summed E-state index contributed by atoms with van der Waals surface area (Å²) in [5.74, 6) is 0.121. The van der Waals surface area contributed by atoms with Gasteiger partial charge in [-0.1, -0.05) is 0 Å². The molecule has 0 spiro atoms. The lowest BCUT2D eigenvalue weighted by Gasteiger charge is -2.35. The third-order valence-corrected chi connectivity index (χ3v) is 4.85. The summed E-state index contributed by atoms with van der Waals surface area (Å²) in [4.78, 5) is 17.1. The summed E-state index contributed by atoms with van der Waals surface area (Å²) in [6.45, 7) is 9.98. The van der Waals surface area contributed by atoms with Crippen LogP contribution >= 0.6 is 0 Å². The molecule has 0 saturated carbocycles. The van der Waals surface area contributed by atoms with E-state index in [1.54, 1.807) is 0 Å². The van der Waals surface area contributed by atoms with Crippen LogP contribution in [0.3, 0.4) is 0 Å². The van der Waals surface area contributed by atoms with Crippen LogP contribution in [-0.2, 0) is 6.54 Å². The van der Waals surface area contributed by atoms with E-state index in [2.05, 4.69) is 60.7 Å². The van der Waals surface area contributed by atoms with Crippen molar-refractivity contribution < 1.29 is 4.79 Å². The first kappa shape index (κ1) is 15.7. The van der Waals surface area contributed by atoms with Crippen LogP contribution in [0, 0.1) is 0 Å². The molecule has 0 N–H and O–H groups in total. The number of nitrogens with zero attached hydrogens (tertiary/aromatic N) is 3. The van der Waals surface area contributed by atoms with Gasteiger partial charge in [-0.2, -0.15) is 0 Å². The zero-order valence-electron chi connectivity index (χ0n) is 14.2. The van der Waals surface area contributed by atoms with E-state index in [0.717, 1.165) is 31.7 Å². The molecule has 0 fully saturated rings. The second-order valence-electron chi connectivity index (χ2n) is 6.02. The highest BCUT2D eigenvalue weighted by molar-refractivity contribution is 5.95. The number of amides is 1. The summed E-state index contributed by atoms with van der Waals surface area (Å²) in [6, 6.07) is 12.3. The minimum absolute atomic E-state index is 0.119. The molecule has 122 valence electrons. The van der Waals surface area contributed by atoms with Gasteiger partial charge in [-0.15, -0.1) is 0 Å². The van der Waals surface area contributed by atoms with Crippen LogP contribution in [0.5, 0.6) is 0 Å². The molecular weight excluding hydrogens is 286 g/mol. The maximum absolute atomic E-state index is 12.9. The highest BCUT2D eigenvalue weighted by atomic mass is 16.2. The number of fused-ring (bicyclic) bond motifs is 1. The zero-order chi connectivity index (χ0) is 16.4. The van der Waals surface area contributed by atoms with Crippen molar-refractivity contribution in [2.24, 2.45) is 0 Å². The van der Waals surface area contributed by atoms with Gasteiger partial charge in [0.1, 0.15) is 0 Å². The van der Waals surface area contributed by atoms with E-state index in [0.29, 0.717) is 0 Å². The van der Waals surface area contributed by atoms with Crippen molar-refractivity contribution in [2.45, 2.75) is 33.4 Å². The third kappa shape index (κ3) is 2.85. The molecule has 0 aliphatic carbocycles.